The Bertz CT molecular complexity index is 1450. The van der Waals surface area contributed by atoms with Gasteiger partial charge in [0.25, 0.3) is 6.20 Å². The van der Waals surface area contributed by atoms with Gasteiger partial charge in [0, 0.05) is 31.5 Å². The minimum Gasteiger partial charge on any atom is -0.861 e. The molecule has 1 saturated carbocycles. The van der Waals surface area contributed by atoms with E-state index in [-0.39, 0.29) is 36.5 Å². The molecule has 1 aromatic heterocycles. The molecule has 11 nitrogen and oxygen atoms in total. The molecule has 0 radical (unpaired) electrons. The van der Waals surface area contributed by atoms with Crippen molar-refractivity contribution in [2.75, 3.05) is 38.1 Å². The van der Waals surface area contributed by atoms with Crippen molar-refractivity contribution in [3.8, 4) is 11.5 Å². The third kappa shape index (κ3) is 7.49. The minimum absolute atomic E-state index is 0.0405. The molecule has 1 aliphatic heterocycles. The van der Waals surface area contributed by atoms with Crippen molar-refractivity contribution in [1.82, 2.24) is 10.2 Å². The Balaban J connectivity index is 1.23. The van der Waals surface area contributed by atoms with E-state index in [0.717, 1.165) is 44.4 Å². The molecule has 224 valence electrons. The van der Waals surface area contributed by atoms with Gasteiger partial charge in [-0.2, -0.15) is 13.2 Å². The van der Waals surface area contributed by atoms with Gasteiger partial charge in [0.05, 0.1) is 11.3 Å². The first-order chi connectivity index (χ1) is 20.0. The zero-order valence-electron chi connectivity index (χ0n) is 23.1. The predicted octanol–water partition coefficient (Wildman–Crippen LogP) is 4.28. The summed E-state index contributed by atoms with van der Waals surface area (Å²) in [6.45, 7) is 1.10. The van der Waals surface area contributed by atoms with Gasteiger partial charge in [-0.15, -0.1) is 0 Å². The molecule has 5 rings (SSSR count). The molecular formula is C28H31F3N6O5. The van der Waals surface area contributed by atoms with Gasteiger partial charge in [0.15, 0.2) is 17.5 Å². The molecule has 2 N–H and O–H groups in total. The number of aromatic nitrogens is 2. The van der Waals surface area contributed by atoms with Crippen LogP contribution in [0.15, 0.2) is 52.1 Å². The van der Waals surface area contributed by atoms with E-state index in [1.807, 2.05) is 0 Å². The predicted molar refractivity (Wildman–Crippen MR) is 144 cm³/mol. The van der Waals surface area contributed by atoms with E-state index in [1.54, 1.807) is 29.1 Å². The standard InChI is InChI=1S/C28H31F3N6O5/c1-36(2)14-17-3-6-22(7-4-17)37-15-26(42-35-37)34-27(39)33-21-12-19(28(29,30)31)11-20(13-21)32-25(38)10-18-5-8-23-24(9-18)41-16-40-23/h5,8-9,11-13,15,17,22H,3-4,6-7,10,14,16H2,1-2H3,(H2-,32,33,34,35,38,39). The van der Waals surface area contributed by atoms with Crippen molar-refractivity contribution in [3.63, 3.8) is 0 Å². The van der Waals surface area contributed by atoms with Crippen LogP contribution in [0.3, 0.4) is 0 Å². The second-order valence-electron chi connectivity index (χ2n) is 10.7. The number of urea groups is 1. The number of carbonyl (C=O) groups excluding carboxylic acids is 1. The molecule has 0 bridgehead atoms. The fourth-order valence-electron chi connectivity index (χ4n) is 5.19. The molecular weight excluding hydrogens is 557 g/mol. The first-order valence-electron chi connectivity index (χ1n) is 13.5. The fraction of sp³-hybridized carbons (Fsp3) is 0.429. The zero-order valence-corrected chi connectivity index (χ0v) is 23.1. The first-order valence-corrected chi connectivity index (χ1v) is 13.5. The topological polar surface area (TPSA) is 128 Å². The molecule has 2 heterocycles. The van der Waals surface area contributed by atoms with Gasteiger partial charge in [0.2, 0.25) is 12.1 Å². The number of aliphatic imine (C=N–C) groups is 1. The van der Waals surface area contributed by atoms with E-state index in [0.29, 0.717) is 23.0 Å². The van der Waals surface area contributed by atoms with Crippen molar-refractivity contribution < 1.29 is 41.8 Å². The Morgan fingerprint density at radius 1 is 1.10 bits per heavy atom. The maximum Gasteiger partial charge on any atom is 0.416 e. The molecule has 0 atom stereocenters. The van der Waals surface area contributed by atoms with Crippen molar-refractivity contribution in [2.45, 2.75) is 44.3 Å². The number of halogens is 3. The zero-order chi connectivity index (χ0) is 29.9. The number of hydrogen-bond donors (Lipinski definition) is 2. The van der Waals surface area contributed by atoms with Crippen LogP contribution in [0.25, 0.3) is 0 Å². The third-order valence-electron chi connectivity index (χ3n) is 7.08. The highest BCUT2D eigenvalue weighted by atomic mass is 19.4. The molecule has 1 aliphatic carbocycles. The lowest BCUT2D eigenvalue weighted by Gasteiger charge is -2.26. The van der Waals surface area contributed by atoms with Crippen molar-refractivity contribution in [1.29, 1.82) is 0 Å². The number of nitrogens with one attached hydrogen (secondary N) is 2. The molecule has 2 aromatic carbocycles. The van der Waals surface area contributed by atoms with Gasteiger partial charge in [-0.25, -0.2) is 4.79 Å². The fourth-order valence-corrected chi connectivity index (χ4v) is 5.19. The molecule has 0 unspecified atom stereocenters. The molecule has 42 heavy (non-hydrogen) atoms. The van der Waals surface area contributed by atoms with Gasteiger partial charge in [0.1, 0.15) is 0 Å². The average molecular weight is 589 g/mol. The van der Waals surface area contributed by atoms with E-state index in [2.05, 4.69) is 39.9 Å². The lowest BCUT2D eigenvalue weighted by molar-refractivity contribution is -0.787. The Kier molecular flexibility index (Phi) is 8.52. The molecule has 14 heteroatoms. The van der Waals surface area contributed by atoms with E-state index >= 15 is 0 Å². The van der Waals surface area contributed by atoms with E-state index in [9.17, 15) is 23.1 Å². The molecule has 2 amide bonds. The highest BCUT2D eigenvalue weighted by Crippen LogP contribution is 2.35. The lowest BCUT2D eigenvalue weighted by Crippen LogP contribution is -2.43. The molecule has 1 fully saturated rings. The van der Waals surface area contributed by atoms with Crippen LogP contribution in [-0.4, -0.2) is 49.5 Å². The number of carbonyl (C=O) groups is 1. The van der Waals surface area contributed by atoms with Gasteiger partial charge >= 0.3 is 18.1 Å². The van der Waals surface area contributed by atoms with Gasteiger partial charge in [-0.3, -0.25) is 14.8 Å². The van der Waals surface area contributed by atoms with Gasteiger partial charge < -0.3 is 24.8 Å². The summed E-state index contributed by atoms with van der Waals surface area (Å²) in [5.74, 6) is 0.999. The maximum absolute atomic E-state index is 13.6. The number of hydrogen-bond acceptors (Lipinski definition) is 8. The van der Waals surface area contributed by atoms with Gasteiger partial charge in [-0.05, 0) is 79.3 Å². The van der Waals surface area contributed by atoms with Crippen molar-refractivity contribution in [3.05, 3.63) is 53.7 Å². The Morgan fingerprint density at radius 3 is 2.60 bits per heavy atom. The van der Waals surface area contributed by atoms with Crippen molar-refractivity contribution >= 4 is 29.2 Å². The second kappa shape index (κ2) is 12.3. The lowest BCUT2D eigenvalue weighted by atomic mass is 9.86. The number of nitrogens with zero attached hydrogens (tertiary/aromatic N) is 4. The summed E-state index contributed by atoms with van der Waals surface area (Å²) < 4.78 is 58.2. The maximum atomic E-state index is 13.6. The van der Waals surface area contributed by atoms with Gasteiger partial charge in [-0.1, -0.05) is 6.07 Å². The summed E-state index contributed by atoms with van der Waals surface area (Å²) in [5, 5.41) is 21.4. The smallest absolute Gasteiger partial charge is 0.416 e. The molecule has 0 saturated heterocycles. The summed E-state index contributed by atoms with van der Waals surface area (Å²) in [6.07, 6.45) is 0.594. The third-order valence-corrected chi connectivity index (χ3v) is 7.08. The number of anilines is 2. The highest BCUT2D eigenvalue weighted by Gasteiger charge is 2.32. The number of ether oxygens (including phenoxy) is 2. The van der Waals surface area contributed by atoms with E-state index in [1.165, 1.54) is 6.07 Å². The largest absolute Gasteiger partial charge is 0.861 e. The van der Waals surface area contributed by atoms with E-state index in [4.69, 9.17) is 14.0 Å². The van der Waals surface area contributed by atoms with Crippen LogP contribution in [0.4, 0.5) is 35.2 Å². The minimum atomic E-state index is -4.74. The summed E-state index contributed by atoms with van der Waals surface area (Å²) >= 11 is 0. The summed E-state index contributed by atoms with van der Waals surface area (Å²) in [4.78, 5) is 18.6. The Morgan fingerprint density at radius 2 is 1.86 bits per heavy atom. The second-order valence-corrected chi connectivity index (χ2v) is 10.7. The van der Waals surface area contributed by atoms with Crippen LogP contribution < -0.4 is 29.9 Å². The quantitative estimate of drug-likeness (QED) is 0.228. The molecule has 2 aliphatic rings. The number of amides is 2. The number of fused-ring (bicyclic) bond motifs is 1. The molecule has 0 spiro atoms. The average Bonchev–Trinajstić information content (AvgIpc) is 3.57. The number of alkyl halides is 3. The van der Waals surface area contributed by atoms with Crippen LogP contribution >= 0.6 is 0 Å². The van der Waals surface area contributed by atoms with Crippen LogP contribution in [0, 0.1) is 5.92 Å². The van der Waals surface area contributed by atoms with Crippen LogP contribution in [0.5, 0.6) is 11.5 Å². The highest BCUT2D eigenvalue weighted by molar-refractivity contribution is 5.99. The van der Waals surface area contributed by atoms with Crippen molar-refractivity contribution in [2.24, 2.45) is 10.9 Å². The van der Waals surface area contributed by atoms with E-state index < -0.39 is 23.7 Å². The van der Waals surface area contributed by atoms with Crippen LogP contribution in [0.2, 0.25) is 0 Å². The normalized spacial score (nSPS) is 18.8. The summed E-state index contributed by atoms with van der Waals surface area (Å²) in [5.41, 5.74) is -0.974. The van der Waals surface area contributed by atoms with Crippen LogP contribution in [-0.2, 0) is 12.6 Å². The summed E-state index contributed by atoms with van der Waals surface area (Å²) in [6, 6.07) is 6.87. The SMILES string of the molecule is CN(C)CC1CCC([n+]2cc(NC(=O)Nc3cc(N=C([O-])Cc4ccc5c(c4)OCO5)cc(C(F)(F)F)c3)on2)CC1. The molecule has 3 aromatic rings. The Hall–Kier alpha value is -4.33. The van der Waals surface area contributed by atoms with Crippen LogP contribution in [0.1, 0.15) is 42.9 Å². The number of benzene rings is 2. The number of rotatable bonds is 8. The monoisotopic (exact) mass is 588 g/mol. The summed E-state index contributed by atoms with van der Waals surface area (Å²) in [7, 11) is 4.11. The Labute approximate surface area is 239 Å². The first kappa shape index (κ1) is 29.2.